The van der Waals surface area contributed by atoms with E-state index in [1.54, 1.807) is 0 Å². The number of pyridine rings is 1. The first kappa shape index (κ1) is 9.90. The highest BCUT2D eigenvalue weighted by Crippen LogP contribution is 2.21. The summed E-state index contributed by atoms with van der Waals surface area (Å²) in [4.78, 5) is 4.46. The van der Waals surface area contributed by atoms with Gasteiger partial charge in [0.1, 0.15) is 5.82 Å². The van der Waals surface area contributed by atoms with Crippen molar-refractivity contribution in [2.24, 2.45) is 0 Å². The van der Waals surface area contributed by atoms with E-state index in [9.17, 15) is 0 Å². The standard InChI is InChI=1S/C14H13N3/c1-10-5-6-13-8-16-14(17(13)9-10)11-3-2-4-12(15)7-11/h2-9H,15H2,1H3. The Hall–Kier alpha value is -2.29. The van der Waals surface area contributed by atoms with Gasteiger partial charge in [0.15, 0.2) is 0 Å². The van der Waals surface area contributed by atoms with Crippen LogP contribution in [-0.2, 0) is 0 Å². The zero-order chi connectivity index (χ0) is 11.8. The van der Waals surface area contributed by atoms with Crippen molar-refractivity contribution in [1.82, 2.24) is 9.38 Å². The van der Waals surface area contributed by atoms with Crippen LogP contribution in [0.3, 0.4) is 0 Å². The number of hydrogen-bond donors (Lipinski definition) is 1. The lowest BCUT2D eigenvalue weighted by atomic mass is 10.2. The van der Waals surface area contributed by atoms with Crippen LogP contribution >= 0.6 is 0 Å². The van der Waals surface area contributed by atoms with E-state index >= 15 is 0 Å². The number of nitrogens with two attached hydrogens (primary N) is 1. The van der Waals surface area contributed by atoms with Crippen molar-refractivity contribution in [3.05, 3.63) is 54.4 Å². The third-order valence-corrected chi connectivity index (χ3v) is 2.82. The zero-order valence-electron chi connectivity index (χ0n) is 9.59. The number of anilines is 1. The number of nitrogens with zero attached hydrogens (tertiary/aromatic N) is 2. The molecule has 3 aromatic rings. The first-order chi connectivity index (χ1) is 8.24. The van der Waals surface area contributed by atoms with Crippen LogP contribution in [0.2, 0.25) is 0 Å². The number of nitrogen functional groups attached to an aromatic ring is 1. The predicted octanol–water partition coefficient (Wildman–Crippen LogP) is 2.89. The summed E-state index contributed by atoms with van der Waals surface area (Å²) in [5.74, 6) is 0.927. The molecule has 0 saturated carbocycles. The summed E-state index contributed by atoms with van der Waals surface area (Å²) in [6.07, 6.45) is 3.96. The molecule has 2 aromatic heterocycles. The number of imidazole rings is 1. The van der Waals surface area contributed by atoms with E-state index in [0.717, 1.165) is 22.6 Å². The Balaban J connectivity index is 2.27. The lowest BCUT2D eigenvalue weighted by molar-refractivity contribution is 1.14. The molecule has 0 saturated heterocycles. The van der Waals surface area contributed by atoms with Crippen molar-refractivity contribution < 1.29 is 0 Å². The average molecular weight is 223 g/mol. The second-order valence-corrected chi connectivity index (χ2v) is 4.21. The summed E-state index contributed by atoms with van der Waals surface area (Å²) < 4.78 is 2.09. The van der Waals surface area contributed by atoms with Gasteiger partial charge >= 0.3 is 0 Å². The highest BCUT2D eigenvalue weighted by atomic mass is 15.0. The maximum Gasteiger partial charge on any atom is 0.144 e. The highest BCUT2D eigenvalue weighted by Gasteiger charge is 2.06. The van der Waals surface area contributed by atoms with Crippen molar-refractivity contribution >= 4 is 11.2 Å². The van der Waals surface area contributed by atoms with Gasteiger partial charge < -0.3 is 5.73 Å². The van der Waals surface area contributed by atoms with Crippen molar-refractivity contribution in [3.8, 4) is 11.4 Å². The third kappa shape index (κ3) is 1.65. The van der Waals surface area contributed by atoms with Crippen molar-refractivity contribution in [2.45, 2.75) is 6.92 Å². The molecule has 0 aliphatic heterocycles. The molecule has 0 amide bonds. The summed E-state index contributed by atoms with van der Waals surface area (Å²) in [6.45, 7) is 2.07. The Morgan fingerprint density at radius 1 is 1.18 bits per heavy atom. The van der Waals surface area contributed by atoms with Crippen LogP contribution in [-0.4, -0.2) is 9.38 Å². The van der Waals surface area contributed by atoms with Gasteiger partial charge in [0.05, 0.1) is 11.7 Å². The summed E-state index contributed by atoms with van der Waals surface area (Å²) >= 11 is 0. The van der Waals surface area contributed by atoms with Gasteiger partial charge in [-0.05, 0) is 30.7 Å². The normalized spacial score (nSPS) is 10.9. The van der Waals surface area contributed by atoms with E-state index in [2.05, 4.69) is 34.6 Å². The van der Waals surface area contributed by atoms with Crippen LogP contribution in [0.5, 0.6) is 0 Å². The average Bonchev–Trinajstić information content (AvgIpc) is 2.71. The molecular weight excluding hydrogens is 210 g/mol. The molecule has 3 rings (SSSR count). The first-order valence-corrected chi connectivity index (χ1v) is 5.54. The molecule has 2 heterocycles. The van der Waals surface area contributed by atoms with Gasteiger partial charge in [0.2, 0.25) is 0 Å². The second kappa shape index (κ2) is 3.63. The topological polar surface area (TPSA) is 43.3 Å². The Morgan fingerprint density at radius 2 is 2.06 bits per heavy atom. The number of rotatable bonds is 1. The largest absolute Gasteiger partial charge is 0.399 e. The van der Waals surface area contributed by atoms with Crippen LogP contribution < -0.4 is 5.73 Å². The van der Waals surface area contributed by atoms with Gasteiger partial charge in [0, 0.05) is 17.4 Å². The smallest absolute Gasteiger partial charge is 0.144 e. The number of aromatic nitrogens is 2. The maximum absolute atomic E-state index is 5.80. The van der Waals surface area contributed by atoms with Gasteiger partial charge in [-0.15, -0.1) is 0 Å². The Morgan fingerprint density at radius 3 is 2.88 bits per heavy atom. The van der Waals surface area contributed by atoms with Crippen LogP contribution in [0.1, 0.15) is 5.56 Å². The summed E-state index contributed by atoms with van der Waals surface area (Å²) in [5.41, 5.74) is 9.90. The molecule has 0 spiro atoms. The molecule has 0 radical (unpaired) electrons. The van der Waals surface area contributed by atoms with Crippen LogP contribution in [0.25, 0.3) is 16.9 Å². The molecule has 3 heteroatoms. The minimum atomic E-state index is 0.756. The molecule has 0 unspecified atom stereocenters. The number of fused-ring (bicyclic) bond motifs is 1. The molecule has 0 bridgehead atoms. The first-order valence-electron chi connectivity index (χ1n) is 5.54. The SMILES string of the molecule is Cc1ccc2cnc(-c3cccc(N)c3)n2c1. The maximum atomic E-state index is 5.80. The molecule has 17 heavy (non-hydrogen) atoms. The van der Waals surface area contributed by atoms with Gasteiger partial charge in [-0.1, -0.05) is 18.2 Å². The van der Waals surface area contributed by atoms with Gasteiger partial charge in [-0.2, -0.15) is 0 Å². The van der Waals surface area contributed by atoms with Crippen molar-refractivity contribution in [3.63, 3.8) is 0 Å². The fourth-order valence-corrected chi connectivity index (χ4v) is 1.99. The van der Waals surface area contributed by atoms with Gasteiger partial charge in [-0.3, -0.25) is 4.40 Å². The molecule has 1 aromatic carbocycles. The molecule has 0 aliphatic rings. The highest BCUT2D eigenvalue weighted by molar-refractivity contribution is 5.65. The van der Waals surface area contributed by atoms with Crippen molar-refractivity contribution in [2.75, 3.05) is 5.73 Å². The number of aryl methyl sites for hydroxylation is 1. The third-order valence-electron chi connectivity index (χ3n) is 2.82. The molecule has 2 N–H and O–H groups in total. The summed E-state index contributed by atoms with van der Waals surface area (Å²) in [6, 6.07) is 11.9. The minimum Gasteiger partial charge on any atom is -0.399 e. The Labute approximate surface area is 99.5 Å². The Bertz CT molecular complexity index is 683. The van der Waals surface area contributed by atoms with E-state index in [1.807, 2.05) is 30.5 Å². The van der Waals surface area contributed by atoms with E-state index < -0.39 is 0 Å². The quantitative estimate of drug-likeness (QED) is 0.644. The molecule has 84 valence electrons. The molecule has 0 fully saturated rings. The molecule has 0 atom stereocenters. The fourth-order valence-electron chi connectivity index (χ4n) is 1.99. The van der Waals surface area contributed by atoms with Crippen LogP contribution in [0.15, 0.2) is 48.8 Å². The fraction of sp³-hybridized carbons (Fsp3) is 0.0714. The molecule has 0 aliphatic carbocycles. The lowest BCUT2D eigenvalue weighted by Gasteiger charge is -2.03. The van der Waals surface area contributed by atoms with E-state index in [-0.39, 0.29) is 0 Å². The number of hydrogen-bond acceptors (Lipinski definition) is 2. The van der Waals surface area contributed by atoms with Crippen molar-refractivity contribution in [1.29, 1.82) is 0 Å². The van der Waals surface area contributed by atoms with E-state index in [1.165, 1.54) is 5.56 Å². The summed E-state index contributed by atoms with van der Waals surface area (Å²) in [5, 5.41) is 0. The van der Waals surface area contributed by atoms with Gasteiger partial charge in [0.25, 0.3) is 0 Å². The number of benzene rings is 1. The lowest BCUT2D eigenvalue weighted by Crippen LogP contribution is -1.91. The molecule has 3 nitrogen and oxygen atoms in total. The Kier molecular flexibility index (Phi) is 2.11. The van der Waals surface area contributed by atoms with Crippen LogP contribution in [0.4, 0.5) is 5.69 Å². The second-order valence-electron chi connectivity index (χ2n) is 4.21. The molecular formula is C14H13N3. The monoisotopic (exact) mass is 223 g/mol. The summed E-state index contributed by atoms with van der Waals surface area (Å²) in [7, 11) is 0. The predicted molar refractivity (Wildman–Crippen MR) is 69.8 cm³/mol. The van der Waals surface area contributed by atoms with Crippen LogP contribution in [0, 0.1) is 6.92 Å². The zero-order valence-corrected chi connectivity index (χ0v) is 9.59. The van der Waals surface area contributed by atoms with E-state index in [4.69, 9.17) is 5.73 Å². The minimum absolute atomic E-state index is 0.756. The van der Waals surface area contributed by atoms with E-state index in [0.29, 0.717) is 0 Å². The van der Waals surface area contributed by atoms with Gasteiger partial charge in [-0.25, -0.2) is 4.98 Å².